The molecule has 0 radical (unpaired) electrons. The zero-order valence-electron chi connectivity index (χ0n) is 11.1. The Labute approximate surface area is 120 Å². The van der Waals surface area contributed by atoms with Gasteiger partial charge in [-0.2, -0.15) is 0 Å². The molecule has 0 saturated heterocycles. The molecule has 0 bridgehead atoms. The van der Waals surface area contributed by atoms with Crippen LogP contribution < -0.4 is 5.32 Å². The highest BCUT2D eigenvalue weighted by Gasteiger charge is 2.21. The average Bonchev–Trinajstić information content (AvgIpc) is 2.93. The summed E-state index contributed by atoms with van der Waals surface area (Å²) >= 11 is 1.55. The first-order valence-corrected chi connectivity index (χ1v) is 7.02. The minimum absolute atomic E-state index is 0.0206. The number of rotatable bonds is 8. The molecule has 0 aromatic carbocycles. The van der Waals surface area contributed by atoms with Crippen molar-refractivity contribution in [3.8, 4) is 0 Å². The van der Waals surface area contributed by atoms with E-state index in [4.69, 9.17) is 5.11 Å². The second kappa shape index (κ2) is 8.31. The highest BCUT2D eigenvalue weighted by molar-refractivity contribution is 7.09. The van der Waals surface area contributed by atoms with Gasteiger partial charge in [0.2, 0.25) is 5.91 Å². The summed E-state index contributed by atoms with van der Waals surface area (Å²) in [4.78, 5) is 34.7. The lowest BCUT2D eigenvalue weighted by Crippen LogP contribution is -2.41. The van der Waals surface area contributed by atoms with Crippen molar-refractivity contribution in [1.29, 1.82) is 0 Å². The van der Waals surface area contributed by atoms with Gasteiger partial charge in [-0.3, -0.25) is 9.59 Å². The maximum absolute atomic E-state index is 11.7. The highest BCUT2D eigenvalue weighted by atomic mass is 32.1. The average molecular weight is 299 g/mol. The Morgan fingerprint density at radius 2 is 2.15 bits per heavy atom. The van der Waals surface area contributed by atoms with E-state index in [-0.39, 0.29) is 25.2 Å². The minimum Gasteiger partial charge on any atom is -0.480 e. The third-order valence-electron chi connectivity index (χ3n) is 2.68. The number of carbonyl (C=O) groups is 3. The molecule has 6 nitrogen and oxygen atoms in total. The molecule has 1 rings (SSSR count). The molecule has 0 aliphatic rings. The van der Waals surface area contributed by atoms with Crippen LogP contribution in [0.1, 0.15) is 24.1 Å². The Kier molecular flexibility index (Phi) is 6.72. The third-order valence-corrected chi connectivity index (χ3v) is 3.61. The topological polar surface area (TPSA) is 92.7 Å². The number of hydrogen-bond donors (Lipinski definition) is 2. The summed E-state index contributed by atoms with van der Waals surface area (Å²) in [6.07, 6.45) is 0.779. The number of amides is 1. The molecule has 1 atom stereocenters. The van der Waals surface area contributed by atoms with Gasteiger partial charge in [-0.1, -0.05) is 6.07 Å². The first kappa shape index (κ1) is 16.2. The summed E-state index contributed by atoms with van der Waals surface area (Å²) in [5, 5.41) is 13.3. The number of esters is 1. The number of aryl methyl sites for hydroxylation is 1. The fraction of sp³-hybridized carbons (Fsp3) is 0.462. The van der Waals surface area contributed by atoms with Gasteiger partial charge >= 0.3 is 11.9 Å². The molecule has 0 aliphatic carbocycles. The van der Waals surface area contributed by atoms with Crippen LogP contribution in [0.4, 0.5) is 0 Å². The quantitative estimate of drug-likeness (QED) is 0.704. The normalized spacial score (nSPS) is 11.7. The van der Waals surface area contributed by atoms with Crippen molar-refractivity contribution >= 4 is 29.2 Å². The van der Waals surface area contributed by atoms with E-state index in [0.29, 0.717) is 6.42 Å². The van der Waals surface area contributed by atoms with Crippen LogP contribution >= 0.6 is 11.3 Å². The van der Waals surface area contributed by atoms with E-state index in [1.807, 2.05) is 17.5 Å². The smallest absolute Gasteiger partial charge is 0.326 e. The molecule has 1 aromatic rings. The maximum Gasteiger partial charge on any atom is 0.326 e. The molecule has 0 spiro atoms. The van der Waals surface area contributed by atoms with Gasteiger partial charge in [0, 0.05) is 17.7 Å². The Bertz CT molecular complexity index is 457. The van der Waals surface area contributed by atoms with Gasteiger partial charge in [0.1, 0.15) is 6.04 Å². The number of nitrogens with one attached hydrogen (secondary N) is 1. The third kappa shape index (κ3) is 5.83. The van der Waals surface area contributed by atoms with Crippen molar-refractivity contribution in [2.45, 2.75) is 31.7 Å². The number of methoxy groups -OCH3 is 1. The highest BCUT2D eigenvalue weighted by Crippen LogP contribution is 2.11. The van der Waals surface area contributed by atoms with Crippen LogP contribution in [0.2, 0.25) is 0 Å². The first-order valence-electron chi connectivity index (χ1n) is 6.14. The van der Waals surface area contributed by atoms with Gasteiger partial charge in [-0.05, 0) is 24.3 Å². The van der Waals surface area contributed by atoms with Crippen LogP contribution in [0.15, 0.2) is 17.5 Å². The SMILES string of the molecule is COC(=O)CC[C@@H](NC(=O)CCc1cccs1)C(=O)O. The molecule has 110 valence electrons. The van der Waals surface area contributed by atoms with Gasteiger partial charge < -0.3 is 15.2 Å². The zero-order valence-corrected chi connectivity index (χ0v) is 11.9. The predicted molar refractivity (Wildman–Crippen MR) is 73.5 cm³/mol. The molecule has 7 heteroatoms. The molecule has 0 saturated carbocycles. The molecule has 0 aliphatic heterocycles. The van der Waals surface area contributed by atoms with E-state index < -0.39 is 18.0 Å². The lowest BCUT2D eigenvalue weighted by atomic mass is 10.1. The molecule has 0 unspecified atom stereocenters. The summed E-state index contributed by atoms with van der Waals surface area (Å²) in [6.45, 7) is 0. The summed E-state index contributed by atoms with van der Waals surface area (Å²) in [6, 6.07) is 2.75. The number of carbonyl (C=O) groups excluding carboxylic acids is 2. The van der Waals surface area contributed by atoms with E-state index in [0.717, 1.165) is 4.88 Å². The van der Waals surface area contributed by atoms with Crippen molar-refractivity contribution < 1.29 is 24.2 Å². The van der Waals surface area contributed by atoms with Crippen molar-refractivity contribution in [2.24, 2.45) is 0 Å². The minimum atomic E-state index is -1.15. The molecule has 1 aromatic heterocycles. The van der Waals surface area contributed by atoms with Crippen LogP contribution in [-0.4, -0.2) is 36.1 Å². The number of aliphatic carboxylic acids is 1. The summed E-state index contributed by atoms with van der Waals surface area (Å²) in [5.74, 6) is -1.99. The molecule has 1 heterocycles. The van der Waals surface area contributed by atoms with Crippen molar-refractivity contribution in [3.05, 3.63) is 22.4 Å². The summed E-state index contributed by atoms with van der Waals surface area (Å²) in [5.41, 5.74) is 0. The van der Waals surface area contributed by atoms with Gasteiger partial charge in [0.25, 0.3) is 0 Å². The van der Waals surface area contributed by atoms with Crippen LogP contribution in [0.5, 0.6) is 0 Å². The van der Waals surface area contributed by atoms with E-state index >= 15 is 0 Å². The monoisotopic (exact) mass is 299 g/mol. The van der Waals surface area contributed by atoms with E-state index in [9.17, 15) is 14.4 Å². The fourth-order valence-corrected chi connectivity index (χ4v) is 2.29. The Morgan fingerprint density at radius 1 is 1.40 bits per heavy atom. The number of hydrogen-bond acceptors (Lipinski definition) is 5. The van der Waals surface area contributed by atoms with E-state index in [2.05, 4.69) is 10.1 Å². The van der Waals surface area contributed by atoms with Crippen LogP contribution in [0.25, 0.3) is 0 Å². The second-order valence-electron chi connectivity index (χ2n) is 4.15. The molecule has 20 heavy (non-hydrogen) atoms. The second-order valence-corrected chi connectivity index (χ2v) is 5.18. The number of ether oxygens (including phenoxy) is 1. The van der Waals surface area contributed by atoms with Crippen molar-refractivity contribution in [2.75, 3.05) is 7.11 Å². The van der Waals surface area contributed by atoms with Gasteiger partial charge in [0.15, 0.2) is 0 Å². The lowest BCUT2D eigenvalue weighted by molar-refractivity contribution is -0.144. The van der Waals surface area contributed by atoms with Crippen LogP contribution in [0.3, 0.4) is 0 Å². The fourth-order valence-electron chi connectivity index (χ4n) is 1.58. The molecular weight excluding hydrogens is 282 g/mol. The Hall–Kier alpha value is -1.89. The molecule has 0 fully saturated rings. The maximum atomic E-state index is 11.7. The van der Waals surface area contributed by atoms with E-state index in [1.165, 1.54) is 7.11 Å². The number of thiophene rings is 1. The van der Waals surface area contributed by atoms with Crippen LogP contribution in [0, 0.1) is 0 Å². The van der Waals surface area contributed by atoms with Crippen molar-refractivity contribution in [3.63, 3.8) is 0 Å². The van der Waals surface area contributed by atoms with Gasteiger partial charge in [-0.15, -0.1) is 11.3 Å². The number of carboxylic acids is 1. The predicted octanol–water partition coefficient (Wildman–Crippen LogP) is 1.20. The van der Waals surface area contributed by atoms with Gasteiger partial charge in [-0.25, -0.2) is 4.79 Å². The lowest BCUT2D eigenvalue weighted by Gasteiger charge is -2.13. The number of carboxylic acid groups (broad SMARTS) is 1. The standard InChI is InChI=1S/C13H17NO5S/c1-19-12(16)7-5-10(13(17)18)14-11(15)6-4-9-3-2-8-20-9/h2-3,8,10H,4-7H2,1H3,(H,14,15)(H,17,18)/t10-/m1/s1. The Balaban J connectivity index is 2.38. The summed E-state index contributed by atoms with van der Waals surface area (Å²) in [7, 11) is 1.23. The largest absolute Gasteiger partial charge is 0.480 e. The van der Waals surface area contributed by atoms with Crippen molar-refractivity contribution in [1.82, 2.24) is 5.32 Å². The first-order chi connectivity index (χ1) is 9.52. The van der Waals surface area contributed by atoms with Gasteiger partial charge in [0.05, 0.1) is 7.11 Å². The van der Waals surface area contributed by atoms with E-state index in [1.54, 1.807) is 11.3 Å². The molecular formula is C13H17NO5S. The summed E-state index contributed by atoms with van der Waals surface area (Å²) < 4.78 is 4.44. The van der Waals surface area contributed by atoms with Crippen LogP contribution in [-0.2, 0) is 25.5 Å². The molecule has 1 amide bonds. The zero-order chi connectivity index (χ0) is 15.0. The Morgan fingerprint density at radius 3 is 2.70 bits per heavy atom. The molecule has 2 N–H and O–H groups in total.